The van der Waals surface area contributed by atoms with E-state index in [9.17, 15) is 4.79 Å². The number of fused-ring (bicyclic) bond motifs is 1. The van der Waals surface area contributed by atoms with E-state index in [-0.39, 0.29) is 12.0 Å². The van der Waals surface area contributed by atoms with Gasteiger partial charge >= 0.3 is 6.16 Å². The summed E-state index contributed by atoms with van der Waals surface area (Å²) >= 11 is 0. The largest absolute Gasteiger partial charge is 0.528 e. The van der Waals surface area contributed by atoms with Gasteiger partial charge in [0.1, 0.15) is 11.2 Å². The summed E-state index contributed by atoms with van der Waals surface area (Å²) in [6.07, 6.45) is 2.38. The number of aromatic nitrogens is 1. The van der Waals surface area contributed by atoms with Crippen LogP contribution in [0.4, 0.5) is 4.79 Å². The molecule has 5 aromatic carbocycles. The van der Waals surface area contributed by atoms with Gasteiger partial charge in [-0.2, -0.15) is 0 Å². The van der Waals surface area contributed by atoms with E-state index < -0.39 is 17.4 Å². The molecule has 0 bridgehead atoms. The van der Waals surface area contributed by atoms with Crippen molar-refractivity contribution in [3.63, 3.8) is 0 Å². The fourth-order valence-electron chi connectivity index (χ4n) is 7.31. The zero-order valence-electron chi connectivity index (χ0n) is 31.3. The molecule has 2 heterocycles. The molecule has 0 aliphatic carbocycles. The molecule has 2 atom stereocenters. The van der Waals surface area contributed by atoms with E-state index in [4.69, 9.17) is 24.0 Å². The third-order valence-corrected chi connectivity index (χ3v) is 9.89. The summed E-state index contributed by atoms with van der Waals surface area (Å²) in [6.45, 7) is 7.33. The highest BCUT2D eigenvalue weighted by Gasteiger charge is 2.38. The number of ether oxygens (including phenoxy) is 3. The Morgan fingerprint density at radius 1 is 0.741 bits per heavy atom. The number of hydroxylamine groups is 2. The number of hydrogen-bond donors (Lipinski definition) is 0. The summed E-state index contributed by atoms with van der Waals surface area (Å²) in [4.78, 5) is 23.1. The van der Waals surface area contributed by atoms with Crippen LogP contribution in [0.2, 0.25) is 0 Å². The first-order valence-corrected chi connectivity index (χ1v) is 18.8. The van der Waals surface area contributed by atoms with Crippen LogP contribution in [0, 0.1) is 0 Å². The Kier molecular flexibility index (Phi) is 11.5. The van der Waals surface area contributed by atoms with Crippen LogP contribution in [-0.2, 0) is 37.7 Å². The first-order valence-electron chi connectivity index (χ1n) is 18.8. The fraction of sp³-hybridized carbons (Fsp3) is 0.277. The van der Waals surface area contributed by atoms with Crippen LogP contribution in [0.15, 0.2) is 152 Å². The SMILES string of the molecule is CC(C)(C)OC(=O)ON1CCC(c2ccc(CCOC(c3ccccc3)(c3ccccc3)c3ccccc3)nc2)C(OCc2ccc3ccccc3c2)C1. The highest BCUT2D eigenvalue weighted by molar-refractivity contribution is 5.82. The molecule has 54 heavy (non-hydrogen) atoms. The quantitative estimate of drug-likeness (QED) is 0.0921. The summed E-state index contributed by atoms with van der Waals surface area (Å²) in [5, 5.41) is 4.02. The topological polar surface area (TPSA) is 70.1 Å². The van der Waals surface area contributed by atoms with Crippen molar-refractivity contribution in [2.45, 2.75) is 63.4 Å². The van der Waals surface area contributed by atoms with Crippen molar-refractivity contribution in [3.8, 4) is 0 Å². The minimum atomic E-state index is -0.783. The lowest BCUT2D eigenvalue weighted by molar-refractivity contribution is -0.179. The van der Waals surface area contributed by atoms with Crippen molar-refractivity contribution in [1.82, 2.24) is 10.0 Å². The van der Waals surface area contributed by atoms with Crippen LogP contribution in [-0.4, -0.2) is 47.6 Å². The zero-order valence-corrected chi connectivity index (χ0v) is 31.3. The lowest BCUT2D eigenvalue weighted by Gasteiger charge is -2.37. The highest BCUT2D eigenvalue weighted by Crippen LogP contribution is 2.40. The average molecular weight is 721 g/mol. The summed E-state index contributed by atoms with van der Waals surface area (Å²) in [6, 6.07) is 50.2. The van der Waals surface area contributed by atoms with Gasteiger partial charge in [0.05, 0.1) is 25.9 Å². The van der Waals surface area contributed by atoms with Crippen LogP contribution in [0.5, 0.6) is 0 Å². The van der Waals surface area contributed by atoms with E-state index in [1.807, 2.05) is 57.3 Å². The molecule has 1 saturated heterocycles. The van der Waals surface area contributed by atoms with E-state index in [1.54, 1.807) is 5.06 Å². The number of nitrogens with zero attached hydrogens (tertiary/aromatic N) is 2. The van der Waals surface area contributed by atoms with Gasteiger partial charge in [-0.15, -0.1) is 5.06 Å². The molecule has 0 spiro atoms. The minimum absolute atomic E-state index is 0.0589. The normalized spacial score (nSPS) is 16.6. The molecule has 1 aliphatic heterocycles. The van der Waals surface area contributed by atoms with Crippen molar-refractivity contribution in [3.05, 3.63) is 185 Å². The van der Waals surface area contributed by atoms with Gasteiger partial charge in [0, 0.05) is 30.8 Å². The van der Waals surface area contributed by atoms with Crippen LogP contribution in [0.3, 0.4) is 0 Å². The second-order valence-electron chi connectivity index (χ2n) is 14.8. The number of pyridine rings is 1. The molecule has 1 aromatic heterocycles. The fourth-order valence-corrected chi connectivity index (χ4v) is 7.31. The number of hydrogen-bond acceptors (Lipinski definition) is 7. The minimum Gasteiger partial charge on any atom is -0.427 e. The molecule has 1 aliphatic rings. The Balaban J connectivity index is 1.07. The molecular weight excluding hydrogens is 673 g/mol. The van der Waals surface area contributed by atoms with Crippen LogP contribution in [0.25, 0.3) is 10.8 Å². The standard InChI is InChI=1S/C47H48N2O5/c1-46(2,3)53-45(50)54-49-29-27-43(44(33-49)51-34-35-23-24-36-15-13-14-16-37(36)31-35)38-25-26-42(48-32-38)28-30-52-47(39-17-7-4-8-18-39,40-19-9-5-10-20-40)41-21-11-6-12-22-41/h4-26,31-32,43-44H,27-30,33-34H2,1-3H3. The summed E-state index contributed by atoms with van der Waals surface area (Å²) in [5.41, 5.74) is 4.91. The highest BCUT2D eigenvalue weighted by atomic mass is 16.8. The molecule has 1 fully saturated rings. The second-order valence-corrected chi connectivity index (χ2v) is 14.8. The maximum atomic E-state index is 12.6. The summed E-state index contributed by atoms with van der Waals surface area (Å²) < 4.78 is 19.1. The third kappa shape index (κ3) is 8.88. The molecule has 0 amide bonds. The van der Waals surface area contributed by atoms with Gasteiger partial charge in [-0.1, -0.05) is 133 Å². The molecule has 0 saturated carbocycles. The van der Waals surface area contributed by atoms with Gasteiger partial charge < -0.3 is 19.0 Å². The number of piperidine rings is 1. The maximum absolute atomic E-state index is 12.6. The monoisotopic (exact) mass is 720 g/mol. The number of rotatable bonds is 12. The molecule has 0 N–H and O–H groups in total. The van der Waals surface area contributed by atoms with Crippen LogP contribution >= 0.6 is 0 Å². The van der Waals surface area contributed by atoms with Crippen molar-refractivity contribution < 1.29 is 23.8 Å². The van der Waals surface area contributed by atoms with Gasteiger partial charge in [-0.3, -0.25) is 4.98 Å². The van der Waals surface area contributed by atoms with Gasteiger partial charge in [-0.25, -0.2) is 4.79 Å². The number of benzene rings is 5. The first kappa shape index (κ1) is 37.0. The van der Waals surface area contributed by atoms with Crippen molar-refractivity contribution in [2.75, 3.05) is 19.7 Å². The molecular formula is C47H48N2O5. The number of carbonyl (C=O) groups excluding carboxylic acids is 1. The van der Waals surface area contributed by atoms with Crippen molar-refractivity contribution >= 4 is 16.9 Å². The molecule has 7 nitrogen and oxygen atoms in total. The van der Waals surface area contributed by atoms with Gasteiger partial charge in [0.2, 0.25) is 0 Å². The van der Waals surface area contributed by atoms with E-state index in [2.05, 4.69) is 115 Å². The predicted molar refractivity (Wildman–Crippen MR) is 212 cm³/mol. The molecule has 7 heteroatoms. The molecule has 276 valence electrons. The zero-order chi connectivity index (χ0) is 37.4. The first-order chi connectivity index (χ1) is 26.3. The number of carbonyl (C=O) groups is 1. The second kappa shape index (κ2) is 16.8. The van der Waals surface area contributed by atoms with E-state index >= 15 is 0 Å². The maximum Gasteiger partial charge on any atom is 0.528 e. The van der Waals surface area contributed by atoms with E-state index in [1.165, 1.54) is 10.8 Å². The Bertz CT molecular complexity index is 2000. The average Bonchev–Trinajstić information content (AvgIpc) is 3.19. The van der Waals surface area contributed by atoms with Crippen molar-refractivity contribution in [2.24, 2.45) is 0 Å². The van der Waals surface area contributed by atoms with Crippen molar-refractivity contribution in [1.29, 1.82) is 0 Å². The van der Waals surface area contributed by atoms with Crippen LogP contribution in [0.1, 0.15) is 66.6 Å². The Hall–Kier alpha value is -5.34. The van der Waals surface area contributed by atoms with Gasteiger partial charge in [-0.05, 0) is 77.9 Å². The summed E-state index contributed by atoms with van der Waals surface area (Å²) in [5.74, 6) is 0.0589. The molecule has 2 unspecified atom stereocenters. The Morgan fingerprint density at radius 2 is 1.35 bits per heavy atom. The molecule has 6 aromatic rings. The Morgan fingerprint density at radius 3 is 1.94 bits per heavy atom. The predicted octanol–water partition coefficient (Wildman–Crippen LogP) is 10.0. The lowest BCUT2D eigenvalue weighted by atomic mass is 9.80. The van der Waals surface area contributed by atoms with Gasteiger partial charge in [0.25, 0.3) is 0 Å². The van der Waals surface area contributed by atoms with Gasteiger partial charge in [0.15, 0.2) is 0 Å². The molecule has 0 radical (unpaired) electrons. The van der Waals surface area contributed by atoms with E-state index in [0.717, 1.165) is 39.9 Å². The smallest absolute Gasteiger partial charge is 0.427 e. The lowest BCUT2D eigenvalue weighted by Crippen LogP contribution is -2.45. The summed E-state index contributed by atoms with van der Waals surface area (Å²) in [7, 11) is 0. The molecule has 7 rings (SSSR count). The Labute approximate surface area is 318 Å². The van der Waals surface area contributed by atoms with E-state index in [0.29, 0.717) is 32.7 Å². The third-order valence-electron chi connectivity index (χ3n) is 9.89. The van der Waals surface area contributed by atoms with Crippen LogP contribution < -0.4 is 0 Å².